The van der Waals surface area contributed by atoms with Crippen molar-refractivity contribution >= 4 is 11.6 Å². The van der Waals surface area contributed by atoms with E-state index in [-0.39, 0.29) is 6.10 Å². The lowest BCUT2D eigenvalue weighted by Gasteiger charge is -2.13. The largest absolute Gasteiger partial charge is 0.495 e. The van der Waals surface area contributed by atoms with Gasteiger partial charge in [0.15, 0.2) is 0 Å². The number of halogens is 1. The molecular weight excluding hydrogens is 226 g/mol. The van der Waals surface area contributed by atoms with Gasteiger partial charge in [0.2, 0.25) is 0 Å². The minimum absolute atomic E-state index is 0.185. The summed E-state index contributed by atoms with van der Waals surface area (Å²) in [6.07, 6.45) is 1.85. The summed E-state index contributed by atoms with van der Waals surface area (Å²) in [5.41, 5.74) is 7.79. The van der Waals surface area contributed by atoms with Crippen LogP contribution in [-0.4, -0.2) is 19.8 Å². The Morgan fingerprint density at radius 1 is 1.62 bits per heavy atom. The van der Waals surface area contributed by atoms with Gasteiger partial charge in [-0.25, -0.2) is 0 Å². The van der Waals surface area contributed by atoms with Gasteiger partial charge < -0.3 is 15.2 Å². The summed E-state index contributed by atoms with van der Waals surface area (Å²) in [6, 6.07) is 2.09. The fraction of sp³-hybridized carbons (Fsp3) is 0.500. The Hall–Kier alpha value is -0.930. The first-order chi connectivity index (χ1) is 7.67. The molecule has 0 aromatic heterocycles. The molecule has 0 aliphatic carbocycles. The van der Waals surface area contributed by atoms with Crippen molar-refractivity contribution in [2.45, 2.75) is 25.9 Å². The van der Waals surface area contributed by atoms with Crippen LogP contribution in [0.15, 0.2) is 6.07 Å². The zero-order valence-electron chi connectivity index (χ0n) is 9.55. The Morgan fingerprint density at radius 2 is 2.38 bits per heavy atom. The molecule has 0 saturated heterocycles. The number of benzene rings is 1. The normalized spacial score (nSPS) is 18.1. The zero-order valence-corrected chi connectivity index (χ0v) is 10.3. The van der Waals surface area contributed by atoms with Crippen molar-refractivity contribution in [1.82, 2.24) is 0 Å². The highest BCUT2D eigenvalue weighted by Crippen LogP contribution is 2.44. The van der Waals surface area contributed by atoms with Gasteiger partial charge in [0.25, 0.3) is 0 Å². The molecule has 0 saturated carbocycles. The summed E-state index contributed by atoms with van der Waals surface area (Å²) < 4.78 is 11.0. The Labute approximate surface area is 100 Å². The highest BCUT2D eigenvalue weighted by Gasteiger charge is 2.26. The van der Waals surface area contributed by atoms with Crippen LogP contribution in [0.25, 0.3) is 0 Å². The van der Waals surface area contributed by atoms with Crippen LogP contribution in [0.5, 0.6) is 11.5 Å². The van der Waals surface area contributed by atoms with E-state index in [0.717, 1.165) is 29.7 Å². The van der Waals surface area contributed by atoms with Crippen LogP contribution < -0.4 is 15.2 Å². The average Bonchev–Trinajstić information content (AvgIpc) is 2.60. The minimum Gasteiger partial charge on any atom is -0.495 e. The molecular formula is C12H16ClNO2. The van der Waals surface area contributed by atoms with Gasteiger partial charge in [-0.05, 0) is 37.1 Å². The lowest BCUT2D eigenvalue weighted by molar-refractivity contribution is 0.254. The summed E-state index contributed by atoms with van der Waals surface area (Å²) in [7, 11) is 1.62. The van der Waals surface area contributed by atoms with E-state index in [1.807, 2.05) is 6.92 Å². The fourth-order valence-corrected chi connectivity index (χ4v) is 2.48. The molecule has 0 bridgehead atoms. The van der Waals surface area contributed by atoms with Crippen molar-refractivity contribution in [2.24, 2.45) is 5.73 Å². The molecule has 1 aromatic rings. The molecule has 0 amide bonds. The maximum absolute atomic E-state index is 6.27. The first-order valence-electron chi connectivity index (χ1n) is 5.42. The molecule has 3 nitrogen and oxygen atoms in total. The van der Waals surface area contributed by atoms with Crippen LogP contribution in [-0.2, 0) is 12.8 Å². The Kier molecular flexibility index (Phi) is 3.26. The maximum Gasteiger partial charge on any atom is 0.145 e. The van der Waals surface area contributed by atoms with Crippen molar-refractivity contribution in [1.29, 1.82) is 0 Å². The van der Waals surface area contributed by atoms with E-state index in [1.165, 1.54) is 0 Å². The average molecular weight is 242 g/mol. The molecule has 1 unspecified atom stereocenters. The lowest BCUT2D eigenvalue weighted by Crippen LogP contribution is -2.05. The third-order valence-corrected chi connectivity index (χ3v) is 3.12. The van der Waals surface area contributed by atoms with Gasteiger partial charge >= 0.3 is 0 Å². The van der Waals surface area contributed by atoms with Crippen LogP contribution >= 0.6 is 11.6 Å². The molecule has 0 radical (unpaired) electrons. The Balaban J connectivity index is 2.49. The lowest BCUT2D eigenvalue weighted by atomic mass is 10.0. The van der Waals surface area contributed by atoms with Crippen LogP contribution in [0, 0.1) is 0 Å². The molecule has 16 heavy (non-hydrogen) atoms. The molecule has 2 N–H and O–H groups in total. The molecule has 1 aliphatic heterocycles. The second kappa shape index (κ2) is 4.52. The number of ether oxygens (including phenoxy) is 2. The monoisotopic (exact) mass is 241 g/mol. The third-order valence-electron chi connectivity index (χ3n) is 2.77. The number of methoxy groups -OCH3 is 1. The smallest absolute Gasteiger partial charge is 0.145 e. The molecule has 1 heterocycles. The summed E-state index contributed by atoms with van der Waals surface area (Å²) in [5.74, 6) is 1.46. The standard InChI is InChI=1S/C12H16ClNO2/c1-7-5-9-6-8(3-4-14)11(15-2)10(13)12(9)16-7/h6-7H,3-5,14H2,1-2H3. The molecule has 88 valence electrons. The number of fused-ring (bicyclic) bond motifs is 1. The Morgan fingerprint density at radius 3 is 3.00 bits per heavy atom. The van der Waals surface area contributed by atoms with Gasteiger partial charge in [0.05, 0.1) is 7.11 Å². The maximum atomic E-state index is 6.27. The van der Waals surface area contributed by atoms with Crippen molar-refractivity contribution in [3.05, 3.63) is 22.2 Å². The molecule has 4 heteroatoms. The van der Waals surface area contributed by atoms with Gasteiger partial charge in [0, 0.05) is 6.42 Å². The number of rotatable bonds is 3. The van der Waals surface area contributed by atoms with Gasteiger partial charge in [0.1, 0.15) is 22.6 Å². The topological polar surface area (TPSA) is 44.5 Å². The summed E-state index contributed by atoms with van der Waals surface area (Å²) in [4.78, 5) is 0. The van der Waals surface area contributed by atoms with E-state index in [4.69, 9.17) is 26.8 Å². The number of nitrogens with two attached hydrogens (primary N) is 1. The van der Waals surface area contributed by atoms with Gasteiger partial charge in [-0.2, -0.15) is 0 Å². The van der Waals surface area contributed by atoms with Crippen molar-refractivity contribution < 1.29 is 9.47 Å². The van der Waals surface area contributed by atoms with E-state index in [1.54, 1.807) is 7.11 Å². The predicted molar refractivity (Wildman–Crippen MR) is 64.6 cm³/mol. The van der Waals surface area contributed by atoms with Crippen molar-refractivity contribution in [3.8, 4) is 11.5 Å². The zero-order chi connectivity index (χ0) is 11.7. The number of hydrogen-bond acceptors (Lipinski definition) is 3. The van der Waals surface area contributed by atoms with E-state index in [0.29, 0.717) is 17.3 Å². The highest BCUT2D eigenvalue weighted by molar-refractivity contribution is 6.33. The molecule has 1 aliphatic rings. The van der Waals surface area contributed by atoms with Crippen LogP contribution in [0.3, 0.4) is 0 Å². The third kappa shape index (κ3) is 1.85. The first-order valence-corrected chi connectivity index (χ1v) is 5.80. The van der Waals surface area contributed by atoms with E-state index >= 15 is 0 Å². The highest BCUT2D eigenvalue weighted by atomic mass is 35.5. The van der Waals surface area contributed by atoms with Crippen molar-refractivity contribution in [3.63, 3.8) is 0 Å². The molecule has 0 spiro atoms. The Bertz CT molecular complexity index is 406. The fourth-order valence-electron chi connectivity index (χ4n) is 2.12. The SMILES string of the molecule is COc1c(CCN)cc2c(c1Cl)OC(C)C2. The minimum atomic E-state index is 0.185. The molecule has 0 fully saturated rings. The molecule has 2 rings (SSSR count). The second-order valence-corrected chi connectivity index (χ2v) is 4.42. The first kappa shape index (κ1) is 11.6. The van der Waals surface area contributed by atoms with Crippen LogP contribution in [0.1, 0.15) is 18.1 Å². The summed E-state index contributed by atoms with van der Waals surface area (Å²) >= 11 is 6.27. The molecule has 1 atom stereocenters. The summed E-state index contributed by atoms with van der Waals surface area (Å²) in [5, 5.41) is 0.577. The van der Waals surface area contributed by atoms with E-state index < -0.39 is 0 Å². The second-order valence-electron chi connectivity index (χ2n) is 4.04. The predicted octanol–water partition coefficient (Wildman–Crippen LogP) is 2.17. The number of hydrogen-bond donors (Lipinski definition) is 1. The van der Waals surface area contributed by atoms with E-state index in [9.17, 15) is 0 Å². The van der Waals surface area contributed by atoms with Crippen LogP contribution in [0.4, 0.5) is 0 Å². The van der Waals surface area contributed by atoms with Gasteiger partial charge in [-0.15, -0.1) is 0 Å². The van der Waals surface area contributed by atoms with Gasteiger partial charge in [-0.3, -0.25) is 0 Å². The van der Waals surface area contributed by atoms with Crippen LogP contribution in [0.2, 0.25) is 5.02 Å². The quantitative estimate of drug-likeness (QED) is 0.882. The molecule has 1 aromatic carbocycles. The summed E-state index contributed by atoms with van der Waals surface area (Å²) in [6.45, 7) is 2.62. The van der Waals surface area contributed by atoms with Gasteiger partial charge in [-0.1, -0.05) is 11.6 Å². The van der Waals surface area contributed by atoms with Crippen molar-refractivity contribution in [2.75, 3.05) is 13.7 Å². The van der Waals surface area contributed by atoms with E-state index in [2.05, 4.69) is 6.07 Å².